The molecule has 0 aromatic heterocycles. The zero-order chi connectivity index (χ0) is 14.5. The first-order valence-corrected chi connectivity index (χ1v) is 7.65. The van der Waals surface area contributed by atoms with Crippen molar-refractivity contribution in [1.82, 2.24) is 0 Å². The van der Waals surface area contributed by atoms with Crippen molar-refractivity contribution in [3.63, 3.8) is 0 Å². The average molecular weight is 284 g/mol. The molecular formula is C18H21FN2. The zero-order valence-corrected chi connectivity index (χ0v) is 12.2. The lowest BCUT2D eigenvalue weighted by atomic mass is 10.1. The third-order valence-corrected chi connectivity index (χ3v) is 4.01. The summed E-state index contributed by atoms with van der Waals surface area (Å²) in [5.74, 6) is -0.206. The minimum absolute atomic E-state index is 0.206. The summed E-state index contributed by atoms with van der Waals surface area (Å²) in [6, 6.07) is 15.4. The van der Waals surface area contributed by atoms with Crippen LogP contribution in [0.2, 0.25) is 0 Å². The lowest BCUT2D eigenvalue weighted by Gasteiger charge is -2.28. The second kappa shape index (κ2) is 6.61. The maximum Gasteiger partial charge on any atom is 0.146 e. The number of hydrogen-bond donors (Lipinski definition) is 1. The van der Waals surface area contributed by atoms with Crippen LogP contribution in [0.25, 0.3) is 0 Å². The van der Waals surface area contributed by atoms with E-state index in [0.29, 0.717) is 12.2 Å². The van der Waals surface area contributed by atoms with Crippen molar-refractivity contribution >= 4 is 11.4 Å². The number of nitrogens with zero attached hydrogens (tertiary/aromatic N) is 1. The highest BCUT2D eigenvalue weighted by molar-refractivity contribution is 5.49. The van der Waals surface area contributed by atoms with E-state index in [2.05, 4.69) is 34.5 Å². The van der Waals surface area contributed by atoms with Crippen LogP contribution >= 0.6 is 0 Å². The fraction of sp³-hybridized carbons (Fsp3) is 0.333. The monoisotopic (exact) mass is 284 g/mol. The van der Waals surface area contributed by atoms with Crippen LogP contribution in [0, 0.1) is 5.82 Å². The van der Waals surface area contributed by atoms with Crippen LogP contribution in [0.3, 0.4) is 0 Å². The van der Waals surface area contributed by atoms with Crippen molar-refractivity contribution in [3.8, 4) is 0 Å². The van der Waals surface area contributed by atoms with Gasteiger partial charge in [-0.2, -0.15) is 0 Å². The van der Waals surface area contributed by atoms with Gasteiger partial charge in [0, 0.05) is 25.3 Å². The number of rotatable bonds is 4. The van der Waals surface area contributed by atoms with E-state index in [1.807, 2.05) is 6.07 Å². The predicted octanol–water partition coefficient (Wildman–Crippen LogP) is 4.43. The predicted molar refractivity (Wildman–Crippen MR) is 86.2 cm³/mol. The molecule has 1 N–H and O–H groups in total. The van der Waals surface area contributed by atoms with Crippen molar-refractivity contribution < 1.29 is 4.39 Å². The van der Waals surface area contributed by atoms with E-state index >= 15 is 0 Å². The fourth-order valence-electron chi connectivity index (χ4n) is 2.78. The van der Waals surface area contributed by atoms with E-state index in [9.17, 15) is 4.39 Å². The normalized spacial score (nSPS) is 15.0. The van der Waals surface area contributed by atoms with Crippen molar-refractivity contribution in [3.05, 3.63) is 59.9 Å². The molecule has 0 aliphatic carbocycles. The summed E-state index contributed by atoms with van der Waals surface area (Å²) in [5.41, 5.74) is 3.01. The van der Waals surface area contributed by atoms with E-state index in [-0.39, 0.29) is 5.82 Å². The number of para-hydroxylation sites is 1. The molecule has 2 aromatic rings. The van der Waals surface area contributed by atoms with Gasteiger partial charge in [-0.1, -0.05) is 24.3 Å². The van der Waals surface area contributed by atoms with Crippen molar-refractivity contribution in [2.45, 2.75) is 25.8 Å². The van der Waals surface area contributed by atoms with Crippen LogP contribution in [0.15, 0.2) is 48.5 Å². The number of nitrogens with one attached hydrogen (secondary N) is 1. The first kappa shape index (κ1) is 13.9. The summed E-state index contributed by atoms with van der Waals surface area (Å²) < 4.78 is 13.5. The van der Waals surface area contributed by atoms with Crippen LogP contribution < -0.4 is 10.2 Å². The topological polar surface area (TPSA) is 15.3 Å². The van der Waals surface area contributed by atoms with Crippen molar-refractivity contribution in [2.75, 3.05) is 23.3 Å². The van der Waals surface area contributed by atoms with E-state index in [0.717, 1.165) is 13.1 Å². The van der Waals surface area contributed by atoms with Crippen LogP contribution in [-0.4, -0.2) is 13.1 Å². The summed E-state index contributed by atoms with van der Waals surface area (Å²) in [6.45, 7) is 2.96. The molecule has 0 bridgehead atoms. The molecule has 2 nitrogen and oxygen atoms in total. The van der Waals surface area contributed by atoms with Crippen LogP contribution in [0.5, 0.6) is 0 Å². The molecule has 110 valence electrons. The second-order valence-electron chi connectivity index (χ2n) is 5.55. The molecule has 0 atom stereocenters. The molecule has 1 saturated heterocycles. The van der Waals surface area contributed by atoms with Gasteiger partial charge in [0.15, 0.2) is 0 Å². The molecule has 1 heterocycles. The first-order chi connectivity index (χ1) is 10.3. The Labute approximate surface area is 125 Å². The molecule has 3 heteroatoms. The Morgan fingerprint density at radius 1 is 0.905 bits per heavy atom. The number of hydrogen-bond acceptors (Lipinski definition) is 2. The van der Waals surface area contributed by atoms with Gasteiger partial charge in [0.25, 0.3) is 0 Å². The smallest absolute Gasteiger partial charge is 0.146 e. The summed E-state index contributed by atoms with van der Waals surface area (Å²) in [5, 5.41) is 3.14. The minimum atomic E-state index is -0.206. The van der Waals surface area contributed by atoms with Crippen LogP contribution in [-0.2, 0) is 6.54 Å². The molecular weight excluding hydrogens is 263 g/mol. The quantitative estimate of drug-likeness (QED) is 0.893. The average Bonchev–Trinajstić information content (AvgIpc) is 2.55. The summed E-state index contributed by atoms with van der Waals surface area (Å²) in [7, 11) is 0. The van der Waals surface area contributed by atoms with Crippen molar-refractivity contribution in [2.24, 2.45) is 0 Å². The van der Waals surface area contributed by atoms with E-state index < -0.39 is 0 Å². The fourth-order valence-corrected chi connectivity index (χ4v) is 2.78. The van der Waals surface area contributed by atoms with Gasteiger partial charge in [-0.05, 0) is 49.1 Å². The molecule has 1 aliphatic heterocycles. The molecule has 0 spiro atoms. The van der Waals surface area contributed by atoms with Gasteiger partial charge in [0.05, 0.1) is 5.69 Å². The van der Waals surface area contributed by atoms with Crippen LogP contribution in [0.4, 0.5) is 15.8 Å². The van der Waals surface area contributed by atoms with Crippen molar-refractivity contribution in [1.29, 1.82) is 0 Å². The number of anilines is 2. The Hall–Kier alpha value is -2.03. The molecule has 0 saturated carbocycles. The van der Waals surface area contributed by atoms with Crippen LogP contribution in [0.1, 0.15) is 24.8 Å². The second-order valence-corrected chi connectivity index (χ2v) is 5.55. The van der Waals surface area contributed by atoms with Gasteiger partial charge < -0.3 is 10.2 Å². The largest absolute Gasteiger partial charge is 0.379 e. The Morgan fingerprint density at radius 2 is 1.62 bits per heavy atom. The number of piperidine rings is 1. The summed E-state index contributed by atoms with van der Waals surface area (Å²) in [4.78, 5) is 2.44. The van der Waals surface area contributed by atoms with Gasteiger partial charge in [0.1, 0.15) is 5.82 Å². The van der Waals surface area contributed by atoms with Gasteiger partial charge in [0.2, 0.25) is 0 Å². The minimum Gasteiger partial charge on any atom is -0.379 e. The lowest BCUT2D eigenvalue weighted by molar-refractivity contribution is 0.578. The molecule has 0 amide bonds. The molecule has 1 fully saturated rings. The Balaban J connectivity index is 1.60. The Morgan fingerprint density at radius 3 is 2.33 bits per heavy atom. The van der Waals surface area contributed by atoms with Gasteiger partial charge in [-0.3, -0.25) is 0 Å². The highest BCUT2D eigenvalue weighted by atomic mass is 19.1. The highest BCUT2D eigenvalue weighted by Crippen LogP contribution is 2.21. The lowest BCUT2D eigenvalue weighted by Crippen LogP contribution is -2.29. The van der Waals surface area contributed by atoms with Gasteiger partial charge >= 0.3 is 0 Å². The van der Waals surface area contributed by atoms with E-state index in [1.165, 1.54) is 36.6 Å². The Bertz CT molecular complexity index is 574. The van der Waals surface area contributed by atoms with E-state index in [4.69, 9.17) is 0 Å². The number of benzene rings is 2. The molecule has 0 unspecified atom stereocenters. The molecule has 1 aliphatic rings. The molecule has 21 heavy (non-hydrogen) atoms. The molecule has 0 radical (unpaired) electrons. The standard InChI is InChI=1S/C18H21FN2/c19-17-6-2-3-7-18(17)20-14-15-8-10-16(11-9-15)21-12-4-1-5-13-21/h2-3,6-11,20H,1,4-5,12-14H2. The SMILES string of the molecule is Fc1ccccc1NCc1ccc(N2CCCCC2)cc1. The van der Waals surface area contributed by atoms with Gasteiger partial charge in [-0.25, -0.2) is 4.39 Å². The molecule has 2 aromatic carbocycles. The Kier molecular flexibility index (Phi) is 4.39. The molecule has 3 rings (SSSR count). The summed E-state index contributed by atoms with van der Waals surface area (Å²) in [6.07, 6.45) is 3.92. The third-order valence-electron chi connectivity index (χ3n) is 4.01. The summed E-state index contributed by atoms with van der Waals surface area (Å²) >= 11 is 0. The highest BCUT2D eigenvalue weighted by Gasteiger charge is 2.10. The maximum absolute atomic E-state index is 13.5. The maximum atomic E-state index is 13.5. The number of halogens is 1. The zero-order valence-electron chi connectivity index (χ0n) is 12.2. The van der Waals surface area contributed by atoms with E-state index in [1.54, 1.807) is 12.1 Å². The first-order valence-electron chi connectivity index (χ1n) is 7.65. The van der Waals surface area contributed by atoms with Gasteiger partial charge in [-0.15, -0.1) is 0 Å². The third kappa shape index (κ3) is 3.54.